The summed E-state index contributed by atoms with van der Waals surface area (Å²) in [4.78, 5) is 22.1. The second kappa shape index (κ2) is 7.45. The van der Waals surface area contributed by atoms with Crippen molar-refractivity contribution in [1.82, 2.24) is 10.6 Å². The molecule has 4 N–H and O–H groups in total. The van der Waals surface area contributed by atoms with Gasteiger partial charge in [0.1, 0.15) is 0 Å². The maximum Gasteiger partial charge on any atom is 0.251 e. The summed E-state index contributed by atoms with van der Waals surface area (Å²) < 4.78 is 0. The van der Waals surface area contributed by atoms with Gasteiger partial charge in [-0.2, -0.15) is 0 Å². The van der Waals surface area contributed by atoms with Crippen LogP contribution in [0.5, 0.6) is 0 Å². The van der Waals surface area contributed by atoms with Gasteiger partial charge in [0.15, 0.2) is 0 Å². The number of hydrogen-bond acceptors (Lipinski definition) is 3. The van der Waals surface area contributed by atoms with Gasteiger partial charge < -0.3 is 16.4 Å². The molecule has 0 fully saturated rings. The summed E-state index contributed by atoms with van der Waals surface area (Å²) in [6.07, 6.45) is 0.311. The van der Waals surface area contributed by atoms with E-state index >= 15 is 0 Å². The number of hydrogen-bond donors (Lipinski definition) is 3. The van der Waals surface area contributed by atoms with Crippen LogP contribution in [0.25, 0.3) is 0 Å². The van der Waals surface area contributed by atoms with Crippen molar-refractivity contribution >= 4 is 11.8 Å². The molecule has 98 valence electrons. The van der Waals surface area contributed by atoms with Gasteiger partial charge in [0, 0.05) is 31.6 Å². The van der Waals surface area contributed by atoms with Crippen LogP contribution in [-0.2, 0) is 4.79 Å². The van der Waals surface area contributed by atoms with Crippen molar-refractivity contribution in [2.45, 2.75) is 13.3 Å². The zero-order valence-electron chi connectivity index (χ0n) is 10.5. The number of carbonyl (C=O) groups is 2. The second-order valence-corrected chi connectivity index (χ2v) is 4.09. The van der Waals surface area contributed by atoms with Crippen molar-refractivity contribution in [3.8, 4) is 0 Å². The van der Waals surface area contributed by atoms with Crippen LogP contribution in [0.15, 0.2) is 24.3 Å². The van der Waals surface area contributed by atoms with E-state index in [1.807, 2.05) is 19.1 Å². The SMILES string of the molecule is Cc1ccc(C(=O)NCCNCCC(N)=O)cc1. The van der Waals surface area contributed by atoms with Gasteiger partial charge in [0.05, 0.1) is 0 Å². The highest BCUT2D eigenvalue weighted by atomic mass is 16.2. The van der Waals surface area contributed by atoms with Crippen LogP contribution in [-0.4, -0.2) is 31.4 Å². The molecule has 0 aliphatic carbocycles. The van der Waals surface area contributed by atoms with E-state index in [1.165, 1.54) is 0 Å². The summed E-state index contributed by atoms with van der Waals surface area (Å²) in [5.41, 5.74) is 6.77. The number of carbonyl (C=O) groups excluding carboxylic acids is 2. The standard InChI is InChI=1S/C13H19N3O2/c1-10-2-4-11(5-3-10)13(18)16-9-8-15-7-6-12(14)17/h2-5,15H,6-9H2,1H3,(H2,14,17)(H,16,18). The van der Waals surface area contributed by atoms with Gasteiger partial charge in [-0.15, -0.1) is 0 Å². The first-order chi connectivity index (χ1) is 8.59. The fourth-order valence-electron chi connectivity index (χ4n) is 1.41. The predicted octanol–water partition coefficient (Wildman–Crippen LogP) is 0.190. The van der Waals surface area contributed by atoms with Crippen LogP contribution < -0.4 is 16.4 Å². The molecule has 1 rings (SSSR count). The van der Waals surface area contributed by atoms with Gasteiger partial charge in [-0.1, -0.05) is 17.7 Å². The second-order valence-electron chi connectivity index (χ2n) is 4.09. The zero-order chi connectivity index (χ0) is 13.4. The normalized spacial score (nSPS) is 10.1. The molecule has 5 nitrogen and oxygen atoms in total. The van der Waals surface area contributed by atoms with Crippen LogP contribution >= 0.6 is 0 Å². The van der Waals surface area contributed by atoms with E-state index < -0.39 is 0 Å². The number of rotatable bonds is 7. The Morgan fingerprint density at radius 2 is 1.78 bits per heavy atom. The molecule has 0 unspecified atom stereocenters. The summed E-state index contributed by atoms with van der Waals surface area (Å²) in [6.45, 7) is 3.65. The quantitative estimate of drug-likeness (QED) is 0.603. The van der Waals surface area contributed by atoms with Gasteiger partial charge in [0.25, 0.3) is 5.91 Å². The number of benzene rings is 1. The average Bonchev–Trinajstić information content (AvgIpc) is 2.34. The van der Waals surface area contributed by atoms with Crippen molar-refractivity contribution in [2.75, 3.05) is 19.6 Å². The van der Waals surface area contributed by atoms with Crippen molar-refractivity contribution in [2.24, 2.45) is 5.73 Å². The molecule has 0 saturated heterocycles. The highest BCUT2D eigenvalue weighted by Crippen LogP contribution is 2.02. The predicted molar refractivity (Wildman–Crippen MR) is 70.2 cm³/mol. The number of primary amides is 1. The lowest BCUT2D eigenvalue weighted by molar-refractivity contribution is -0.117. The molecule has 0 bridgehead atoms. The Morgan fingerprint density at radius 1 is 1.11 bits per heavy atom. The van der Waals surface area contributed by atoms with Gasteiger partial charge in [-0.3, -0.25) is 9.59 Å². The lowest BCUT2D eigenvalue weighted by Crippen LogP contribution is -2.33. The minimum absolute atomic E-state index is 0.0910. The topological polar surface area (TPSA) is 84.2 Å². The third-order valence-electron chi connectivity index (χ3n) is 2.45. The molecule has 0 aromatic heterocycles. The fourth-order valence-corrected chi connectivity index (χ4v) is 1.41. The van der Waals surface area contributed by atoms with Gasteiger partial charge in [-0.05, 0) is 19.1 Å². The molecule has 0 atom stereocenters. The Bertz CT molecular complexity index is 401. The largest absolute Gasteiger partial charge is 0.370 e. The van der Waals surface area contributed by atoms with E-state index in [1.54, 1.807) is 12.1 Å². The van der Waals surface area contributed by atoms with Crippen molar-refractivity contribution < 1.29 is 9.59 Å². The molecule has 2 amide bonds. The Morgan fingerprint density at radius 3 is 2.39 bits per heavy atom. The van der Waals surface area contributed by atoms with E-state index in [2.05, 4.69) is 10.6 Å². The Labute approximate surface area is 107 Å². The molecule has 0 radical (unpaired) electrons. The number of nitrogens with one attached hydrogen (secondary N) is 2. The Hall–Kier alpha value is -1.88. The van der Waals surface area contributed by atoms with Crippen LogP contribution in [0.4, 0.5) is 0 Å². The molecule has 0 spiro atoms. The fraction of sp³-hybridized carbons (Fsp3) is 0.385. The van der Waals surface area contributed by atoms with Crippen molar-refractivity contribution in [1.29, 1.82) is 0 Å². The average molecular weight is 249 g/mol. The molecular weight excluding hydrogens is 230 g/mol. The third-order valence-corrected chi connectivity index (χ3v) is 2.45. The maximum absolute atomic E-state index is 11.7. The smallest absolute Gasteiger partial charge is 0.251 e. The summed E-state index contributed by atoms with van der Waals surface area (Å²) in [5, 5.41) is 5.81. The highest BCUT2D eigenvalue weighted by molar-refractivity contribution is 5.94. The first kappa shape index (κ1) is 14.2. The monoisotopic (exact) mass is 249 g/mol. The van der Waals surface area contributed by atoms with E-state index in [0.717, 1.165) is 5.56 Å². The minimum atomic E-state index is -0.328. The summed E-state index contributed by atoms with van der Waals surface area (Å²) in [7, 11) is 0. The molecular formula is C13H19N3O2. The van der Waals surface area contributed by atoms with Crippen molar-refractivity contribution in [3.05, 3.63) is 35.4 Å². The summed E-state index contributed by atoms with van der Waals surface area (Å²) in [5.74, 6) is -0.419. The molecule has 1 aromatic rings. The first-order valence-electron chi connectivity index (χ1n) is 5.93. The Kier molecular flexibility index (Phi) is 5.87. The van der Waals surface area contributed by atoms with E-state index in [0.29, 0.717) is 31.6 Å². The van der Waals surface area contributed by atoms with Crippen LogP contribution in [0.1, 0.15) is 22.3 Å². The number of amides is 2. The van der Waals surface area contributed by atoms with E-state index in [-0.39, 0.29) is 11.8 Å². The molecule has 1 aromatic carbocycles. The molecule has 0 aliphatic rings. The van der Waals surface area contributed by atoms with Gasteiger partial charge >= 0.3 is 0 Å². The molecule has 0 saturated carbocycles. The Balaban J connectivity index is 2.17. The van der Waals surface area contributed by atoms with E-state index in [9.17, 15) is 9.59 Å². The first-order valence-corrected chi connectivity index (χ1v) is 5.93. The lowest BCUT2D eigenvalue weighted by atomic mass is 10.1. The van der Waals surface area contributed by atoms with Crippen LogP contribution in [0.3, 0.4) is 0 Å². The van der Waals surface area contributed by atoms with Gasteiger partial charge in [0.2, 0.25) is 5.91 Å². The molecule has 18 heavy (non-hydrogen) atoms. The van der Waals surface area contributed by atoms with E-state index in [4.69, 9.17) is 5.73 Å². The molecule has 5 heteroatoms. The molecule has 0 heterocycles. The number of nitrogens with two attached hydrogens (primary N) is 1. The summed E-state index contributed by atoms with van der Waals surface area (Å²) >= 11 is 0. The molecule has 0 aliphatic heterocycles. The lowest BCUT2D eigenvalue weighted by Gasteiger charge is -2.06. The van der Waals surface area contributed by atoms with Crippen LogP contribution in [0.2, 0.25) is 0 Å². The third kappa shape index (κ3) is 5.45. The van der Waals surface area contributed by atoms with Crippen molar-refractivity contribution in [3.63, 3.8) is 0 Å². The van der Waals surface area contributed by atoms with Crippen LogP contribution in [0, 0.1) is 6.92 Å². The number of aryl methyl sites for hydroxylation is 1. The minimum Gasteiger partial charge on any atom is -0.370 e. The van der Waals surface area contributed by atoms with Gasteiger partial charge in [-0.25, -0.2) is 0 Å². The highest BCUT2D eigenvalue weighted by Gasteiger charge is 2.03. The summed E-state index contributed by atoms with van der Waals surface area (Å²) in [6, 6.07) is 7.40. The zero-order valence-corrected chi connectivity index (χ0v) is 10.5. The maximum atomic E-state index is 11.7.